The number of terminal acetylenes is 1. The summed E-state index contributed by atoms with van der Waals surface area (Å²) in [6.45, 7) is 4.39. The molecule has 1 heterocycles. The van der Waals surface area contributed by atoms with Crippen LogP contribution in [-0.4, -0.2) is 50.3 Å². The number of hydrogen-bond donors (Lipinski definition) is 1. The third-order valence-electron chi connectivity index (χ3n) is 3.54. The predicted octanol–water partition coefficient (Wildman–Crippen LogP) is 1.17. The highest BCUT2D eigenvalue weighted by Crippen LogP contribution is 2.28. The van der Waals surface area contributed by atoms with Gasteiger partial charge < -0.3 is 5.73 Å². The standard InChI is InChI=1S/C14H18ClN3O2S/c1-3-4-17-5-7-18(8-6-17)21(19,20)12-9-11(2)14(15)13(16)10-12/h1,9-10H,4-8,16H2,2H3. The van der Waals surface area contributed by atoms with E-state index in [1.165, 1.54) is 10.4 Å². The summed E-state index contributed by atoms with van der Waals surface area (Å²) in [7, 11) is -3.55. The molecule has 0 spiro atoms. The molecule has 0 bridgehead atoms. The van der Waals surface area contributed by atoms with Gasteiger partial charge in [-0.25, -0.2) is 8.42 Å². The number of benzene rings is 1. The number of rotatable bonds is 3. The van der Waals surface area contributed by atoms with Crippen molar-refractivity contribution in [2.75, 3.05) is 38.5 Å². The summed E-state index contributed by atoms with van der Waals surface area (Å²) in [6, 6.07) is 2.97. The molecule has 1 aliphatic rings. The quantitative estimate of drug-likeness (QED) is 0.668. The van der Waals surface area contributed by atoms with Crippen molar-refractivity contribution < 1.29 is 8.42 Å². The largest absolute Gasteiger partial charge is 0.397 e. The molecule has 1 aliphatic heterocycles. The second kappa shape index (κ2) is 6.24. The first-order valence-corrected chi connectivity index (χ1v) is 8.39. The number of nitrogen functional groups attached to an aromatic ring is 1. The maximum absolute atomic E-state index is 12.6. The molecule has 0 radical (unpaired) electrons. The lowest BCUT2D eigenvalue weighted by Crippen LogP contribution is -2.48. The first-order chi connectivity index (χ1) is 9.86. The molecular weight excluding hydrogens is 310 g/mol. The van der Waals surface area contributed by atoms with Crippen LogP contribution in [0, 0.1) is 19.3 Å². The van der Waals surface area contributed by atoms with Gasteiger partial charge in [-0.05, 0) is 24.6 Å². The Balaban J connectivity index is 2.22. The maximum atomic E-state index is 12.6. The number of hydrogen-bond acceptors (Lipinski definition) is 4. The molecule has 21 heavy (non-hydrogen) atoms. The number of piperazine rings is 1. The number of nitrogens with zero attached hydrogens (tertiary/aromatic N) is 2. The number of anilines is 1. The van der Waals surface area contributed by atoms with Crippen molar-refractivity contribution in [3.63, 3.8) is 0 Å². The minimum absolute atomic E-state index is 0.187. The van der Waals surface area contributed by atoms with Crippen LogP contribution in [0.25, 0.3) is 0 Å². The molecule has 1 saturated heterocycles. The van der Waals surface area contributed by atoms with Gasteiger partial charge in [0.15, 0.2) is 0 Å². The van der Waals surface area contributed by atoms with E-state index < -0.39 is 10.0 Å². The molecule has 0 saturated carbocycles. The molecule has 5 nitrogen and oxygen atoms in total. The van der Waals surface area contributed by atoms with Crippen molar-refractivity contribution in [1.29, 1.82) is 0 Å². The van der Waals surface area contributed by atoms with Crippen molar-refractivity contribution in [2.45, 2.75) is 11.8 Å². The Morgan fingerprint density at radius 2 is 1.95 bits per heavy atom. The van der Waals surface area contributed by atoms with Gasteiger partial charge >= 0.3 is 0 Å². The monoisotopic (exact) mass is 327 g/mol. The molecule has 0 unspecified atom stereocenters. The van der Waals surface area contributed by atoms with Crippen LogP contribution in [0.2, 0.25) is 5.02 Å². The van der Waals surface area contributed by atoms with Gasteiger partial charge in [0.25, 0.3) is 0 Å². The molecule has 1 aromatic rings. The normalized spacial score (nSPS) is 17.6. The fourth-order valence-electron chi connectivity index (χ4n) is 2.32. The van der Waals surface area contributed by atoms with Gasteiger partial charge in [-0.1, -0.05) is 17.5 Å². The zero-order chi connectivity index (χ0) is 15.6. The Bertz CT molecular complexity index is 651. The molecule has 0 atom stereocenters. The molecule has 0 amide bonds. The third-order valence-corrected chi connectivity index (χ3v) is 5.93. The Kier molecular flexibility index (Phi) is 4.79. The lowest BCUT2D eigenvalue weighted by molar-refractivity contribution is 0.207. The molecule has 1 fully saturated rings. The van der Waals surface area contributed by atoms with E-state index in [0.717, 1.165) is 0 Å². The summed E-state index contributed by atoms with van der Waals surface area (Å²) in [5.74, 6) is 2.57. The van der Waals surface area contributed by atoms with Crippen LogP contribution in [0.5, 0.6) is 0 Å². The zero-order valence-corrected chi connectivity index (χ0v) is 13.4. The lowest BCUT2D eigenvalue weighted by Gasteiger charge is -2.33. The lowest BCUT2D eigenvalue weighted by atomic mass is 10.2. The Hall–Kier alpha value is -1.26. The van der Waals surface area contributed by atoms with Crippen molar-refractivity contribution in [1.82, 2.24) is 9.21 Å². The first kappa shape index (κ1) is 16.1. The van der Waals surface area contributed by atoms with E-state index in [0.29, 0.717) is 43.3 Å². The molecule has 0 aliphatic carbocycles. The SMILES string of the molecule is C#CCN1CCN(S(=O)(=O)c2cc(C)c(Cl)c(N)c2)CC1. The predicted molar refractivity (Wildman–Crippen MR) is 84.6 cm³/mol. The van der Waals surface area contributed by atoms with Crippen molar-refractivity contribution in [2.24, 2.45) is 0 Å². The minimum Gasteiger partial charge on any atom is -0.397 e. The molecule has 0 aromatic heterocycles. The van der Waals surface area contributed by atoms with Gasteiger partial charge in [0.1, 0.15) is 0 Å². The molecule has 2 N–H and O–H groups in total. The van der Waals surface area contributed by atoms with E-state index in [1.54, 1.807) is 13.0 Å². The van der Waals surface area contributed by atoms with Gasteiger partial charge in [0.05, 0.1) is 22.2 Å². The van der Waals surface area contributed by atoms with E-state index in [2.05, 4.69) is 5.92 Å². The van der Waals surface area contributed by atoms with Gasteiger partial charge in [-0.2, -0.15) is 4.31 Å². The molecule has 114 valence electrons. The fourth-order valence-corrected chi connectivity index (χ4v) is 3.97. The minimum atomic E-state index is -3.55. The first-order valence-electron chi connectivity index (χ1n) is 6.58. The average molecular weight is 328 g/mol. The maximum Gasteiger partial charge on any atom is 0.243 e. The van der Waals surface area contributed by atoms with Crippen LogP contribution >= 0.6 is 11.6 Å². The van der Waals surface area contributed by atoms with E-state index >= 15 is 0 Å². The third kappa shape index (κ3) is 3.33. The highest BCUT2D eigenvalue weighted by molar-refractivity contribution is 7.89. The van der Waals surface area contributed by atoms with E-state index in [4.69, 9.17) is 23.8 Å². The number of sulfonamides is 1. The van der Waals surface area contributed by atoms with Gasteiger partial charge in [-0.15, -0.1) is 6.42 Å². The Morgan fingerprint density at radius 1 is 1.33 bits per heavy atom. The smallest absolute Gasteiger partial charge is 0.243 e. The van der Waals surface area contributed by atoms with Crippen molar-refractivity contribution in [3.05, 3.63) is 22.7 Å². The summed E-state index contributed by atoms with van der Waals surface area (Å²) in [4.78, 5) is 2.24. The van der Waals surface area contributed by atoms with Crippen LogP contribution in [0.3, 0.4) is 0 Å². The summed E-state index contributed by atoms with van der Waals surface area (Å²) >= 11 is 5.98. The second-order valence-electron chi connectivity index (χ2n) is 5.03. The highest BCUT2D eigenvalue weighted by atomic mass is 35.5. The average Bonchev–Trinajstić information content (AvgIpc) is 2.45. The number of aryl methyl sites for hydroxylation is 1. The summed E-state index contributed by atoms with van der Waals surface area (Å²) in [5.41, 5.74) is 6.70. The number of halogens is 1. The Labute approximate surface area is 130 Å². The molecule has 7 heteroatoms. The van der Waals surface area contributed by atoms with Gasteiger partial charge in [0, 0.05) is 26.2 Å². The summed E-state index contributed by atoms with van der Waals surface area (Å²) in [6.07, 6.45) is 5.27. The molecular formula is C14H18ClN3O2S. The Morgan fingerprint density at radius 3 is 2.48 bits per heavy atom. The highest BCUT2D eigenvalue weighted by Gasteiger charge is 2.28. The van der Waals surface area contributed by atoms with E-state index in [9.17, 15) is 8.42 Å². The van der Waals surface area contributed by atoms with Crippen LogP contribution in [0.4, 0.5) is 5.69 Å². The van der Waals surface area contributed by atoms with Crippen LogP contribution in [-0.2, 0) is 10.0 Å². The summed E-state index contributed by atoms with van der Waals surface area (Å²) in [5, 5.41) is 0.396. The fraction of sp³-hybridized carbons (Fsp3) is 0.429. The number of nitrogens with two attached hydrogens (primary N) is 1. The zero-order valence-electron chi connectivity index (χ0n) is 11.8. The van der Waals surface area contributed by atoms with Crippen LogP contribution < -0.4 is 5.73 Å². The van der Waals surface area contributed by atoms with Crippen molar-refractivity contribution in [3.8, 4) is 12.3 Å². The second-order valence-corrected chi connectivity index (χ2v) is 7.34. The molecule has 1 aromatic carbocycles. The van der Waals surface area contributed by atoms with Gasteiger partial charge in [-0.3, -0.25) is 4.90 Å². The van der Waals surface area contributed by atoms with E-state index in [-0.39, 0.29) is 10.6 Å². The van der Waals surface area contributed by atoms with Crippen LogP contribution in [0.1, 0.15) is 5.56 Å². The molecule has 2 rings (SSSR count). The summed E-state index contributed by atoms with van der Waals surface area (Å²) < 4.78 is 26.7. The topological polar surface area (TPSA) is 66.6 Å². The van der Waals surface area contributed by atoms with E-state index in [1.807, 2.05) is 4.90 Å². The van der Waals surface area contributed by atoms with Crippen LogP contribution in [0.15, 0.2) is 17.0 Å². The van der Waals surface area contributed by atoms with Gasteiger partial charge in [0.2, 0.25) is 10.0 Å². The van der Waals surface area contributed by atoms with Crippen molar-refractivity contribution >= 4 is 27.3 Å².